The van der Waals surface area contributed by atoms with Gasteiger partial charge in [0.15, 0.2) is 0 Å². The summed E-state index contributed by atoms with van der Waals surface area (Å²) in [5.41, 5.74) is 2.37. The summed E-state index contributed by atoms with van der Waals surface area (Å²) in [4.78, 5) is 24.3. The third-order valence-electron chi connectivity index (χ3n) is 5.33. The molecule has 29 heavy (non-hydrogen) atoms. The quantitative estimate of drug-likeness (QED) is 0.440. The summed E-state index contributed by atoms with van der Waals surface area (Å²) in [5, 5.41) is 20.6. The number of carbonyl (C=O) groups is 1. The second kappa shape index (κ2) is 8.77. The number of nitro groups is 1. The van der Waals surface area contributed by atoms with Crippen LogP contribution in [-0.2, 0) is 4.79 Å². The van der Waals surface area contributed by atoms with Gasteiger partial charge in [-0.3, -0.25) is 10.1 Å². The zero-order chi connectivity index (χ0) is 21.0. The topological polar surface area (TPSA) is 92.9 Å². The summed E-state index contributed by atoms with van der Waals surface area (Å²) in [6.45, 7) is 2.87. The van der Waals surface area contributed by atoms with Gasteiger partial charge in [-0.05, 0) is 55.0 Å². The number of carboxylic acids is 1. The summed E-state index contributed by atoms with van der Waals surface area (Å²) in [7, 11) is 1.67. The molecule has 0 amide bonds. The lowest BCUT2D eigenvalue weighted by molar-refractivity contribution is -0.384. The Morgan fingerprint density at radius 1 is 1.24 bits per heavy atom. The van der Waals surface area contributed by atoms with Gasteiger partial charge < -0.3 is 14.7 Å². The molecule has 0 saturated carbocycles. The van der Waals surface area contributed by atoms with Gasteiger partial charge in [0, 0.05) is 24.7 Å². The average Bonchev–Trinajstić information content (AvgIpc) is 2.73. The number of hydrogen-bond donors (Lipinski definition) is 1. The van der Waals surface area contributed by atoms with E-state index in [1.807, 2.05) is 23.1 Å². The monoisotopic (exact) mass is 396 g/mol. The fraction of sp³-hybridized carbons (Fsp3) is 0.318. The maximum Gasteiger partial charge on any atom is 0.331 e. The van der Waals surface area contributed by atoms with Gasteiger partial charge in [-0.2, -0.15) is 0 Å². The number of nitrogens with zero attached hydrogens (tertiary/aromatic N) is 2. The first-order valence-electron chi connectivity index (χ1n) is 9.48. The van der Waals surface area contributed by atoms with Crippen LogP contribution in [0.5, 0.6) is 5.75 Å². The number of anilines is 1. The van der Waals surface area contributed by atoms with Crippen molar-refractivity contribution < 1.29 is 19.6 Å². The first-order chi connectivity index (χ1) is 13.9. The van der Waals surface area contributed by atoms with Gasteiger partial charge in [0.1, 0.15) is 11.4 Å². The zero-order valence-corrected chi connectivity index (χ0v) is 16.5. The Morgan fingerprint density at radius 2 is 1.93 bits per heavy atom. The average molecular weight is 396 g/mol. The van der Waals surface area contributed by atoms with Crippen LogP contribution in [0.4, 0.5) is 11.4 Å². The van der Waals surface area contributed by atoms with Gasteiger partial charge >= 0.3 is 5.97 Å². The van der Waals surface area contributed by atoms with E-state index in [0.717, 1.165) is 18.6 Å². The van der Waals surface area contributed by atoms with Crippen molar-refractivity contribution in [2.75, 3.05) is 25.1 Å². The molecule has 0 spiro atoms. The van der Waals surface area contributed by atoms with Crippen LogP contribution in [0.2, 0.25) is 0 Å². The molecular weight excluding hydrogens is 372 g/mol. The Bertz CT molecular complexity index is 946. The van der Waals surface area contributed by atoms with E-state index in [-0.39, 0.29) is 11.3 Å². The van der Waals surface area contributed by atoms with E-state index >= 15 is 0 Å². The second-order valence-electron chi connectivity index (χ2n) is 7.14. The summed E-state index contributed by atoms with van der Waals surface area (Å²) in [6.07, 6.45) is 3.18. The highest BCUT2D eigenvalue weighted by Crippen LogP contribution is 2.38. The molecular formula is C22H24N2O5. The maximum atomic E-state index is 11.6. The van der Waals surface area contributed by atoms with Crippen LogP contribution >= 0.6 is 0 Å². The minimum absolute atomic E-state index is 0.00678. The summed E-state index contributed by atoms with van der Waals surface area (Å²) >= 11 is 0. The molecule has 0 aliphatic carbocycles. The van der Waals surface area contributed by atoms with Crippen LogP contribution in [0.1, 0.15) is 36.8 Å². The third kappa shape index (κ3) is 4.56. The predicted molar refractivity (Wildman–Crippen MR) is 112 cm³/mol. The number of carboxylic acid groups (broad SMARTS) is 1. The molecule has 1 aliphatic heterocycles. The van der Waals surface area contributed by atoms with E-state index in [9.17, 15) is 14.9 Å². The molecule has 0 radical (unpaired) electrons. The van der Waals surface area contributed by atoms with Crippen LogP contribution in [0.25, 0.3) is 6.08 Å². The molecule has 0 unspecified atom stereocenters. The van der Waals surface area contributed by atoms with Gasteiger partial charge in [0.05, 0.1) is 12.0 Å². The second-order valence-corrected chi connectivity index (χ2v) is 7.14. The lowest BCUT2D eigenvalue weighted by Crippen LogP contribution is -2.33. The normalized spacial score (nSPS) is 15.2. The smallest absolute Gasteiger partial charge is 0.331 e. The molecule has 1 saturated heterocycles. The van der Waals surface area contributed by atoms with Crippen molar-refractivity contribution in [3.8, 4) is 5.75 Å². The van der Waals surface area contributed by atoms with Crippen molar-refractivity contribution in [2.24, 2.45) is 0 Å². The van der Waals surface area contributed by atoms with E-state index < -0.39 is 10.9 Å². The van der Waals surface area contributed by atoms with E-state index in [1.165, 1.54) is 24.6 Å². The molecule has 7 heteroatoms. The van der Waals surface area contributed by atoms with Crippen LogP contribution < -0.4 is 9.64 Å². The molecule has 1 aliphatic rings. The molecule has 0 bridgehead atoms. The SMILES string of the molecule is COc1ccccc1C1CCN(c2ccc(/C=C(\C)C(=O)O)cc2[N+](=O)[O-])CC1. The lowest BCUT2D eigenvalue weighted by Gasteiger charge is -2.34. The number of rotatable bonds is 6. The van der Waals surface area contributed by atoms with Crippen molar-refractivity contribution in [1.82, 2.24) is 0 Å². The van der Waals surface area contributed by atoms with E-state index in [0.29, 0.717) is 30.3 Å². The number of piperidine rings is 1. The molecule has 0 aromatic heterocycles. The standard InChI is InChI=1S/C22H24N2O5/c1-15(22(25)26)13-16-7-8-19(20(14-16)24(27)28)23-11-9-17(10-12-23)18-5-3-4-6-21(18)29-2/h3-8,13-14,17H,9-12H2,1-2H3,(H,25,26)/b15-13+. The Hall–Kier alpha value is -3.35. The number of aliphatic carboxylic acids is 1. The fourth-order valence-electron chi connectivity index (χ4n) is 3.79. The number of hydrogen-bond acceptors (Lipinski definition) is 5. The molecule has 1 fully saturated rings. The van der Waals surface area contributed by atoms with Gasteiger partial charge in [-0.1, -0.05) is 24.3 Å². The highest BCUT2D eigenvalue weighted by molar-refractivity contribution is 5.91. The fourth-order valence-corrected chi connectivity index (χ4v) is 3.79. The molecule has 1 N–H and O–H groups in total. The molecule has 1 heterocycles. The summed E-state index contributed by atoms with van der Waals surface area (Å²) in [5.74, 6) is 0.180. The van der Waals surface area contributed by atoms with Crippen LogP contribution in [0.3, 0.4) is 0 Å². The highest BCUT2D eigenvalue weighted by Gasteiger charge is 2.27. The Labute approximate surface area is 169 Å². The van der Waals surface area contributed by atoms with E-state index in [1.54, 1.807) is 19.2 Å². The lowest BCUT2D eigenvalue weighted by atomic mass is 9.88. The molecule has 2 aromatic carbocycles. The van der Waals surface area contributed by atoms with Crippen LogP contribution in [-0.4, -0.2) is 36.2 Å². The largest absolute Gasteiger partial charge is 0.496 e. The van der Waals surface area contributed by atoms with Crippen molar-refractivity contribution >= 4 is 23.4 Å². The number of nitro benzene ring substituents is 1. The number of methoxy groups -OCH3 is 1. The first-order valence-corrected chi connectivity index (χ1v) is 9.48. The van der Waals surface area contributed by atoms with E-state index in [4.69, 9.17) is 9.84 Å². The Morgan fingerprint density at radius 3 is 2.55 bits per heavy atom. The van der Waals surface area contributed by atoms with Crippen molar-refractivity contribution in [2.45, 2.75) is 25.7 Å². The van der Waals surface area contributed by atoms with E-state index in [2.05, 4.69) is 6.07 Å². The minimum Gasteiger partial charge on any atom is -0.496 e. The minimum atomic E-state index is -1.05. The highest BCUT2D eigenvalue weighted by atomic mass is 16.6. The summed E-state index contributed by atoms with van der Waals surface area (Å²) < 4.78 is 5.47. The third-order valence-corrected chi connectivity index (χ3v) is 5.33. The van der Waals surface area contributed by atoms with Crippen molar-refractivity contribution in [1.29, 1.82) is 0 Å². The van der Waals surface area contributed by atoms with Crippen molar-refractivity contribution in [3.05, 3.63) is 69.3 Å². The molecule has 152 valence electrons. The number of benzene rings is 2. The maximum absolute atomic E-state index is 11.6. The van der Waals surface area contributed by atoms with Crippen molar-refractivity contribution in [3.63, 3.8) is 0 Å². The number of para-hydroxylation sites is 1. The molecule has 2 aromatic rings. The van der Waals surface area contributed by atoms with Crippen LogP contribution in [0, 0.1) is 10.1 Å². The number of ether oxygens (including phenoxy) is 1. The van der Waals surface area contributed by atoms with Gasteiger partial charge in [0.25, 0.3) is 5.69 Å². The predicted octanol–water partition coefficient (Wildman–Crippen LogP) is 4.48. The molecule has 7 nitrogen and oxygen atoms in total. The van der Waals surface area contributed by atoms with Crippen LogP contribution in [0.15, 0.2) is 48.0 Å². The molecule has 3 rings (SSSR count). The Kier molecular flexibility index (Phi) is 6.16. The van der Waals surface area contributed by atoms with Gasteiger partial charge in [-0.25, -0.2) is 4.79 Å². The molecule has 0 atom stereocenters. The zero-order valence-electron chi connectivity index (χ0n) is 16.5. The summed E-state index contributed by atoms with van der Waals surface area (Å²) in [6, 6.07) is 12.9. The van der Waals surface area contributed by atoms with Gasteiger partial charge in [-0.15, -0.1) is 0 Å². The first kappa shape index (κ1) is 20.4. The van der Waals surface area contributed by atoms with Gasteiger partial charge in [0.2, 0.25) is 0 Å². The Balaban J connectivity index is 1.80.